The maximum absolute atomic E-state index is 13.6. The van der Waals surface area contributed by atoms with Gasteiger partial charge in [-0.05, 0) is 39.0 Å². The second kappa shape index (κ2) is 11.2. The van der Waals surface area contributed by atoms with E-state index < -0.39 is 55.9 Å². The molecule has 0 radical (unpaired) electrons. The molecule has 0 spiro atoms. The monoisotopic (exact) mass is 521 g/mol. The number of anilines is 1. The molecule has 0 aliphatic carbocycles. The largest absolute Gasteiger partial charge is 0.465 e. The zero-order valence-electron chi connectivity index (χ0n) is 19.9. The number of nitrogens with zero attached hydrogens (tertiary/aromatic N) is 3. The van der Waals surface area contributed by atoms with E-state index in [9.17, 15) is 24.5 Å². The third kappa shape index (κ3) is 5.92. The quantitative estimate of drug-likeness (QED) is 0.301. The number of ether oxygens (including phenoxy) is 2. The van der Waals surface area contributed by atoms with Gasteiger partial charge in [0.15, 0.2) is 6.23 Å². The van der Waals surface area contributed by atoms with Gasteiger partial charge in [-0.1, -0.05) is 18.2 Å². The van der Waals surface area contributed by atoms with Crippen LogP contribution in [0.5, 0.6) is 5.75 Å². The predicted octanol–water partition coefficient (Wildman–Crippen LogP) is 1.36. The summed E-state index contributed by atoms with van der Waals surface area (Å²) in [5, 5.41) is 23.2. The number of nitrogen functional groups attached to an aromatic ring is 1. The lowest BCUT2D eigenvalue weighted by molar-refractivity contribution is -0.144. The number of nitrogens with two attached hydrogens (primary N) is 1. The summed E-state index contributed by atoms with van der Waals surface area (Å²) in [7, 11) is -4.23. The van der Waals surface area contributed by atoms with Crippen LogP contribution < -0.4 is 21.0 Å². The second-order valence-electron chi connectivity index (χ2n) is 8.21. The van der Waals surface area contributed by atoms with Gasteiger partial charge in [-0.15, -0.1) is 0 Å². The molecule has 0 bridgehead atoms. The molecule has 36 heavy (non-hydrogen) atoms. The van der Waals surface area contributed by atoms with Crippen molar-refractivity contribution in [1.82, 2.24) is 14.6 Å². The average Bonchev–Trinajstić information content (AvgIpc) is 3.09. The normalized spacial score (nSPS) is 25.9. The fourth-order valence-electron chi connectivity index (χ4n) is 3.56. The lowest BCUT2D eigenvalue weighted by Gasteiger charge is -2.26. The topological polar surface area (TPSA) is 188 Å². The maximum atomic E-state index is 13.6. The first-order valence-corrected chi connectivity index (χ1v) is 12.6. The van der Waals surface area contributed by atoms with Gasteiger partial charge in [0.2, 0.25) is 0 Å². The number of hydrogen-bond acceptors (Lipinski definition) is 11. The summed E-state index contributed by atoms with van der Waals surface area (Å²) in [6, 6.07) is 10.4. The van der Waals surface area contributed by atoms with E-state index in [1.165, 1.54) is 38.2 Å². The Bertz CT molecular complexity index is 1220. The summed E-state index contributed by atoms with van der Waals surface area (Å²) >= 11 is 0. The number of nitrogens with one attached hydrogen (secondary N) is 1. The van der Waals surface area contributed by atoms with Crippen LogP contribution in [0.1, 0.15) is 27.0 Å². The third-order valence-corrected chi connectivity index (χ3v) is 7.14. The first kappa shape index (κ1) is 27.3. The average molecular weight is 521 g/mol. The number of carbonyl (C=O) groups excluding carboxylic acids is 1. The minimum Gasteiger partial charge on any atom is -0.465 e. The van der Waals surface area contributed by atoms with Crippen LogP contribution in [0.3, 0.4) is 0 Å². The van der Waals surface area contributed by atoms with Crippen molar-refractivity contribution in [2.45, 2.75) is 45.2 Å². The van der Waals surface area contributed by atoms with Crippen LogP contribution in [0.25, 0.3) is 0 Å². The summed E-state index contributed by atoms with van der Waals surface area (Å²) in [6.07, 6.45) is -2.60. The van der Waals surface area contributed by atoms with Gasteiger partial charge >= 0.3 is 19.4 Å². The highest BCUT2D eigenvalue weighted by Gasteiger charge is 2.55. The van der Waals surface area contributed by atoms with E-state index in [-0.39, 0.29) is 18.2 Å². The third-order valence-electron chi connectivity index (χ3n) is 5.50. The maximum Gasteiger partial charge on any atom is 0.459 e. The van der Waals surface area contributed by atoms with Crippen molar-refractivity contribution in [3.05, 3.63) is 53.1 Å². The van der Waals surface area contributed by atoms with Crippen molar-refractivity contribution in [2.75, 3.05) is 18.9 Å². The molecule has 14 heteroatoms. The zero-order valence-corrected chi connectivity index (χ0v) is 20.8. The van der Waals surface area contributed by atoms with Crippen LogP contribution in [-0.2, 0) is 23.4 Å². The fourth-order valence-corrected chi connectivity index (χ4v) is 5.07. The van der Waals surface area contributed by atoms with Gasteiger partial charge in [0.1, 0.15) is 35.2 Å². The Morgan fingerprint density at radius 2 is 2.11 bits per heavy atom. The molecule has 4 N–H and O–H groups in total. The first-order chi connectivity index (χ1) is 17.0. The van der Waals surface area contributed by atoms with Gasteiger partial charge in [-0.2, -0.15) is 15.3 Å². The summed E-state index contributed by atoms with van der Waals surface area (Å²) in [4.78, 5) is 28.1. The first-order valence-electron chi connectivity index (χ1n) is 11.1. The molecule has 1 aliphatic heterocycles. The number of aromatic nitrogens is 2. The summed E-state index contributed by atoms with van der Waals surface area (Å²) in [6.45, 7) is 4.06. The van der Waals surface area contributed by atoms with Gasteiger partial charge in [0, 0.05) is 6.20 Å². The number of esters is 1. The standard InChI is InChI=1S/C22H28N5O8P/c1-4-32-19(29)14(2)26-36(31,35-15-8-6-5-7-9-15)33-12-16-18(28)22(3,13-23)20(34-16)27-11-10-17(24)25-21(27)30/h5-11,14,16,18,20,28H,4,12H2,1-3H3,(H,26,31)(H2,24,25,30)/t14-,16+,18+,20+,22+,36?/m0/s1. The number of nitriles is 1. The number of aliphatic hydroxyl groups excluding tert-OH is 1. The molecule has 1 fully saturated rings. The van der Waals surface area contributed by atoms with Crippen LogP contribution in [-0.4, -0.2) is 52.1 Å². The second-order valence-corrected chi connectivity index (χ2v) is 9.90. The molecule has 6 atom stereocenters. The summed E-state index contributed by atoms with van der Waals surface area (Å²) < 4.78 is 36.5. The number of carbonyl (C=O) groups is 1. The molecule has 1 aliphatic rings. The van der Waals surface area contributed by atoms with E-state index >= 15 is 0 Å². The minimum absolute atomic E-state index is 0.0193. The summed E-state index contributed by atoms with van der Waals surface area (Å²) in [5.74, 6) is -0.506. The van der Waals surface area contributed by atoms with Crippen molar-refractivity contribution >= 4 is 19.5 Å². The van der Waals surface area contributed by atoms with Crippen molar-refractivity contribution in [3.8, 4) is 11.8 Å². The van der Waals surface area contributed by atoms with Gasteiger partial charge in [0.05, 0.1) is 19.3 Å². The Morgan fingerprint density at radius 1 is 1.42 bits per heavy atom. The van der Waals surface area contributed by atoms with Crippen molar-refractivity contribution in [3.63, 3.8) is 0 Å². The van der Waals surface area contributed by atoms with Crippen LogP contribution in [0, 0.1) is 16.7 Å². The van der Waals surface area contributed by atoms with Crippen molar-refractivity contribution in [1.29, 1.82) is 5.26 Å². The molecular formula is C22H28N5O8P. The minimum atomic E-state index is -4.23. The van der Waals surface area contributed by atoms with Crippen LogP contribution in [0.4, 0.5) is 5.82 Å². The lowest BCUT2D eigenvalue weighted by atomic mass is 9.84. The Kier molecular flexibility index (Phi) is 8.50. The summed E-state index contributed by atoms with van der Waals surface area (Å²) in [5.41, 5.74) is 3.16. The molecule has 0 amide bonds. The molecule has 1 aromatic carbocycles. The van der Waals surface area contributed by atoms with E-state index in [1.54, 1.807) is 25.1 Å². The number of hydrogen-bond donors (Lipinski definition) is 3. The van der Waals surface area contributed by atoms with Crippen LogP contribution in [0.15, 0.2) is 47.4 Å². The molecule has 194 valence electrons. The Hall–Kier alpha value is -3.27. The molecule has 2 aromatic rings. The lowest BCUT2D eigenvalue weighted by Crippen LogP contribution is -2.40. The van der Waals surface area contributed by atoms with E-state index in [4.69, 9.17) is 24.3 Å². The molecule has 2 heterocycles. The molecule has 1 saturated heterocycles. The predicted molar refractivity (Wildman–Crippen MR) is 126 cm³/mol. The molecule has 3 rings (SSSR count). The molecular weight excluding hydrogens is 493 g/mol. The Balaban J connectivity index is 1.83. The van der Waals surface area contributed by atoms with Gasteiger partial charge in [-0.3, -0.25) is 13.9 Å². The van der Waals surface area contributed by atoms with E-state index in [0.29, 0.717) is 0 Å². The SMILES string of the molecule is CCOC(=O)[C@H](C)NP(=O)(OC[C@H]1O[C@@H](n2ccc(N)nc2=O)[C@](C)(C#N)[C@@H]1O)Oc1ccccc1. The Morgan fingerprint density at radius 3 is 2.72 bits per heavy atom. The highest BCUT2D eigenvalue weighted by molar-refractivity contribution is 7.52. The van der Waals surface area contributed by atoms with Crippen molar-refractivity contribution in [2.24, 2.45) is 5.41 Å². The highest BCUT2D eigenvalue weighted by Crippen LogP contribution is 2.48. The fraction of sp³-hybridized carbons (Fsp3) is 0.455. The van der Waals surface area contributed by atoms with Crippen LogP contribution >= 0.6 is 7.75 Å². The molecule has 1 unspecified atom stereocenters. The number of para-hydroxylation sites is 1. The van der Waals surface area contributed by atoms with Crippen molar-refractivity contribution < 1.29 is 33.0 Å². The van der Waals surface area contributed by atoms with Crippen LogP contribution in [0.2, 0.25) is 0 Å². The smallest absolute Gasteiger partial charge is 0.459 e. The number of aliphatic hydroxyl groups is 1. The zero-order chi connectivity index (χ0) is 26.5. The molecule has 13 nitrogen and oxygen atoms in total. The van der Waals surface area contributed by atoms with E-state index in [2.05, 4.69) is 10.1 Å². The number of benzene rings is 1. The molecule has 0 saturated carbocycles. The van der Waals surface area contributed by atoms with Gasteiger partial charge < -0.3 is 24.8 Å². The van der Waals surface area contributed by atoms with E-state index in [1.807, 2.05) is 6.07 Å². The number of rotatable bonds is 10. The van der Waals surface area contributed by atoms with Gasteiger partial charge in [0.25, 0.3) is 0 Å². The van der Waals surface area contributed by atoms with Gasteiger partial charge in [-0.25, -0.2) is 9.36 Å². The van der Waals surface area contributed by atoms with E-state index in [0.717, 1.165) is 4.57 Å². The Labute approximate surface area is 207 Å². The molecule has 1 aromatic heterocycles. The highest BCUT2D eigenvalue weighted by atomic mass is 31.2.